The van der Waals surface area contributed by atoms with E-state index in [2.05, 4.69) is 24.1 Å². The molecule has 3 rings (SSSR count). The summed E-state index contributed by atoms with van der Waals surface area (Å²) in [5.74, 6) is 0.669. The van der Waals surface area contributed by atoms with Gasteiger partial charge < -0.3 is 4.90 Å². The maximum Gasteiger partial charge on any atom is 0.169 e. The van der Waals surface area contributed by atoms with Crippen LogP contribution < -0.4 is 0 Å². The van der Waals surface area contributed by atoms with Gasteiger partial charge in [0.05, 0.1) is 4.88 Å². The van der Waals surface area contributed by atoms with Gasteiger partial charge >= 0.3 is 0 Å². The van der Waals surface area contributed by atoms with Crippen LogP contribution in [0.5, 0.6) is 0 Å². The predicted molar refractivity (Wildman–Crippen MR) is 74.5 cm³/mol. The first-order valence-electron chi connectivity index (χ1n) is 6.23. The lowest BCUT2D eigenvalue weighted by atomic mass is 10.0. The summed E-state index contributed by atoms with van der Waals surface area (Å²) in [7, 11) is 2.15. The van der Waals surface area contributed by atoms with Crippen molar-refractivity contribution in [3.63, 3.8) is 0 Å². The summed E-state index contributed by atoms with van der Waals surface area (Å²) in [6.07, 6.45) is 1.18. The third kappa shape index (κ3) is 2.06. The quantitative estimate of drug-likeness (QED) is 0.778. The van der Waals surface area contributed by atoms with Gasteiger partial charge in [-0.25, -0.2) is 4.98 Å². The van der Waals surface area contributed by atoms with Gasteiger partial charge in [-0.15, -0.1) is 11.3 Å². The summed E-state index contributed by atoms with van der Waals surface area (Å²) in [5, 5.41) is 1.08. The topological polar surface area (TPSA) is 33.2 Å². The van der Waals surface area contributed by atoms with Gasteiger partial charge in [-0.3, -0.25) is 4.79 Å². The van der Waals surface area contributed by atoms with E-state index in [4.69, 9.17) is 4.98 Å². The molecule has 1 fully saturated rings. The third-order valence-corrected chi connectivity index (χ3v) is 4.71. The van der Waals surface area contributed by atoms with Crippen LogP contribution >= 0.6 is 11.3 Å². The van der Waals surface area contributed by atoms with Crippen molar-refractivity contribution < 1.29 is 4.79 Å². The molecule has 3 nitrogen and oxygen atoms in total. The van der Waals surface area contributed by atoms with Crippen molar-refractivity contribution in [2.75, 3.05) is 20.1 Å². The number of thiophene rings is 1. The van der Waals surface area contributed by atoms with E-state index in [9.17, 15) is 4.79 Å². The van der Waals surface area contributed by atoms with Crippen molar-refractivity contribution in [2.24, 2.45) is 0 Å². The van der Waals surface area contributed by atoms with E-state index in [0.717, 1.165) is 28.2 Å². The summed E-state index contributed by atoms with van der Waals surface area (Å²) in [6, 6.07) is 6.15. The number of carbonyl (C=O) groups excluding carboxylic acids is 1. The molecule has 0 unspecified atom stereocenters. The number of carbonyl (C=O) groups is 1. The number of ketones is 1. The fourth-order valence-corrected chi connectivity index (χ4v) is 3.44. The molecule has 1 atom stereocenters. The molecular formula is C14H16N2OS. The molecule has 4 heteroatoms. The van der Waals surface area contributed by atoms with Crippen LogP contribution in [0.15, 0.2) is 18.2 Å². The number of likely N-dealkylation sites (tertiary alicyclic amines) is 1. The number of aromatic nitrogens is 1. The number of pyridine rings is 1. The molecule has 2 aromatic rings. The second kappa shape index (κ2) is 4.44. The Morgan fingerprint density at radius 3 is 3.00 bits per heavy atom. The van der Waals surface area contributed by atoms with Crippen LogP contribution in [0.1, 0.15) is 34.6 Å². The van der Waals surface area contributed by atoms with Crippen molar-refractivity contribution >= 4 is 27.3 Å². The van der Waals surface area contributed by atoms with Gasteiger partial charge in [0, 0.05) is 23.5 Å². The minimum atomic E-state index is 0.125. The van der Waals surface area contributed by atoms with Crippen LogP contribution in [0.3, 0.4) is 0 Å². The van der Waals surface area contributed by atoms with Crippen molar-refractivity contribution in [2.45, 2.75) is 19.3 Å². The van der Waals surface area contributed by atoms with Crippen LogP contribution in [0.25, 0.3) is 10.2 Å². The molecule has 0 amide bonds. The van der Waals surface area contributed by atoms with Crippen LogP contribution in [-0.2, 0) is 0 Å². The van der Waals surface area contributed by atoms with Crippen molar-refractivity contribution in [3.8, 4) is 0 Å². The number of likely N-dealkylation sites (N-methyl/N-ethyl adjacent to an activating group) is 1. The molecule has 3 heterocycles. The van der Waals surface area contributed by atoms with Crippen LogP contribution in [0.2, 0.25) is 0 Å². The molecular weight excluding hydrogens is 244 g/mol. The Morgan fingerprint density at radius 1 is 1.50 bits per heavy atom. The average Bonchev–Trinajstić information content (AvgIpc) is 2.93. The Labute approximate surface area is 110 Å². The number of hydrogen-bond donors (Lipinski definition) is 0. The van der Waals surface area contributed by atoms with Gasteiger partial charge in [-0.05, 0) is 39.1 Å². The molecule has 1 aliphatic heterocycles. The molecule has 18 heavy (non-hydrogen) atoms. The fraction of sp³-hybridized carbons (Fsp3) is 0.429. The summed E-state index contributed by atoms with van der Waals surface area (Å²) < 4.78 is 0. The zero-order valence-corrected chi connectivity index (χ0v) is 11.5. The molecule has 0 spiro atoms. The van der Waals surface area contributed by atoms with Crippen molar-refractivity contribution in [1.82, 2.24) is 9.88 Å². The first-order valence-corrected chi connectivity index (χ1v) is 7.05. The lowest BCUT2D eigenvalue weighted by Gasteiger charge is -2.09. The zero-order chi connectivity index (χ0) is 12.7. The second-order valence-corrected chi connectivity index (χ2v) is 6.08. The van der Waals surface area contributed by atoms with Gasteiger partial charge in [0.25, 0.3) is 0 Å². The Morgan fingerprint density at radius 2 is 2.33 bits per heavy atom. The van der Waals surface area contributed by atoms with E-state index in [1.807, 2.05) is 6.07 Å². The molecule has 1 saturated heterocycles. The molecule has 0 saturated carbocycles. The van der Waals surface area contributed by atoms with E-state index < -0.39 is 0 Å². The van der Waals surface area contributed by atoms with Gasteiger partial charge in [-0.1, -0.05) is 6.07 Å². The highest BCUT2D eigenvalue weighted by Gasteiger charge is 2.22. The minimum Gasteiger partial charge on any atom is -0.306 e. The van der Waals surface area contributed by atoms with E-state index >= 15 is 0 Å². The monoisotopic (exact) mass is 260 g/mol. The van der Waals surface area contributed by atoms with Gasteiger partial charge in [0.15, 0.2) is 5.78 Å². The summed E-state index contributed by atoms with van der Waals surface area (Å²) in [6.45, 7) is 3.84. The fourth-order valence-electron chi connectivity index (χ4n) is 2.51. The lowest BCUT2D eigenvalue weighted by Crippen LogP contribution is -2.13. The van der Waals surface area contributed by atoms with Crippen LogP contribution in [0.4, 0.5) is 0 Å². The first kappa shape index (κ1) is 11.8. The van der Waals surface area contributed by atoms with Crippen molar-refractivity contribution in [1.29, 1.82) is 0 Å². The number of Topliss-reactive ketones (excluding diaryl/α,β-unsaturated/α-hetero) is 1. The molecule has 0 aliphatic carbocycles. The Kier molecular flexibility index (Phi) is 2.92. The van der Waals surface area contributed by atoms with Crippen molar-refractivity contribution in [3.05, 3.63) is 28.8 Å². The highest BCUT2D eigenvalue weighted by atomic mass is 32.1. The maximum absolute atomic E-state index is 11.4. The van der Waals surface area contributed by atoms with Crippen LogP contribution in [-0.4, -0.2) is 35.8 Å². The zero-order valence-electron chi connectivity index (χ0n) is 10.6. The first-order chi connectivity index (χ1) is 8.63. The number of hydrogen-bond acceptors (Lipinski definition) is 4. The molecule has 0 bridgehead atoms. The predicted octanol–water partition coefficient (Wildman–Crippen LogP) is 2.92. The molecule has 2 aromatic heterocycles. The normalized spacial score (nSPS) is 20.7. The van der Waals surface area contributed by atoms with Crippen LogP contribution in [0, 0.1) is 0 Å². The standard InChI is InChI=1S/C14H16N2OS/c1-9(17)13-7-10-3-4-12(15-14(10)18-13)11-5-6-16(2)8-11/h3-4,7,11H,5-6,8H2,1-2H3/t11-/m1/s1. The average molecular weight is 260 g/mol. The summed E-state index contributed by atoms with van der Waals surface area (Å²) >= 11 is 1.50. The summed E-state index contributed by atoms with van der Waals surface area (Å²) in [4.78, 5) is 20.2. The van der Waals surface area contributed by atoms with Gasteiger partial charge in [0.2, 0.25) is 0 Å². The van der Waals surface area contributed by atoms with E-state index in [1.54, 1.807) is 6.92 Å². The molecule has 0 radical (unpaired) electrons. The lowest BCUT2D eigenvalue weighted by molar-refractivity contribution is 0.102. The Balaban J connectivity index is 1.97. The van der Waals surface area contributed by atoms with E-state index in [1.165, 1.54) is 23.5 Å². The van der Waals surface area contributed by atoms with E-state index in [0.29, 0.717) is 5.92 Å². The molecule has 0 N–H and O–H groups in total. The number of nitrogens with zero attached hydrogens (tertiary/aromatic N) is 2. The Bertz CT molecular complexity index is 605. The SMILES string of the molecule is CC(=O)c1cc2ccc([C@@H]3CCN(C)C3)nc2s1. The number of fused-ring (bicyclic) bond motifs is 1. The second-order valence-electron chi connectivity index (χ2n) is 5.05. The smallest absolute Gasteiger partial charge is 0.169 e. The minimum absolute atomic E-state index is 0.125. The Hall–Kier alpha value is -1.26. The van der Waals surface area contributed by atoms with Gasteiger partial charge in [-0.2, -0.15) is 0 Å². The highest BCUT2D eigenvalue weighted by molar-refractivity contribution is 7.20. The van der Waals surface area contributed by atoms with E-state index in [-0.39, 0.29) is 5.78 Å². The highest BCUT2D eigenvalue weighted by Crippen LogP contribution is 2.29. The molecule has 94 valence electrons. The molecule has 1 aliphatic rings. The largest absolute Gasteiger partial charge is 0.306 e. The molecule has 0 aromatic carbocycles. The summed E-state index contributed by atoms with van der Waals surface area (Å²) in [5.41, 5.74) is 1.17. The maximum atomic E-state index is 11.4. The third-order valence-electron chi connectivity index (χ3n) is 3.56. The van der Waals surface area contributed by atoms with Gasteiger partial charge in [0.1, 0.15) is 4.83 Å². The number of rotatable bonds is 2.